The largest absolute Gasteiger partial charge is 0.495 e. The predicted octanol–water partition coefficient (Wildman–Crippen LogP) is 5.79. The van der Waals surface area contributed by atoms with Crippen LogP contribution in [-0.4, -0.2) is 58.6 Å². The molecule has 12 nitrogen and oxygen atoms in total. The van der Waals surface area contributed by atoms with Crippen molar-refractivity contribution in [1.82, 2.24) is 0 Å². The van der Waals surface area contributed by atoms with Crippen LogP contribution in [-0.2, 0) is 14.2 Å². The first kappa shape index (κ1) is 32.7. The van der Waals surface area contributed by atoms with Crippen molar-refractivity contribution in [3.63, 3.8) is 0 Å². The molecule has 1 saturated heterocycles. The fourth-order valence-electron chi connectivity index (χ4n) is 9.43. The fraction of sp³-hybridized carbons (Fsp3) is 0.583. The van der Waals surface area contributed by atoms with Crippen molar-refractivity contribution in [1.29, 1.82) is 0 Å². The number of carbonyl (C=O) groups is 1. The molecule has 0 radical (unpaired) electrons. The molecule has 8 rings (SSSR count). The maximum atomic E-state index is 13.4. The minimum atomic E-state index is -0.686. The average Bonchev–Trinajstić information content (AvgIpc) is 3.45. The summed E-state index contributed by atoms with van der Waals surface area (Å²) in [5, 5.41) is 4.28. The van der Waals surface area contributed by atoms with E-state index in [1.165, 1.54) is 71.8 Å². The Bertz CT molecular complexity index is 1510. The van der Waals surface area contributed by atoms with Gasteiger partial charge in [0.25, 0.3) is 0 Å². The van der Waals surface area contributed by atoms with E-state index in [1.54, 1.807) is 30.3 Å². The summed E-state index contributed by atoms with van der Waals surface area (Å²) < 4.78 is 41.7. The van der Waals surface area contributed by atoms with E-state index in [2.05, 4.69) is 5.32 Å². The molecule has 5 N–H and O–H groups in total. The van der Waals surface area contributed by atoms with Crippen LogP contribution in [0.1, 0.15) is 63.4 Å². The van der Waals surface area contributed by atoms with Crippen molar-refractivity contribution in [2.75, 3.05) is 45.4 Å². The van der Waals surface area contributed by atoms with Crippen molar-refractivity contribution in [3.05, 3.63) is 42.1 Å². The number of hydrogen-bond donors (Lipinski definition) is 3. The molecular weight excluding hydrogens is 616 g/mol. The zero-order valence-corrected chi connectivity index (χ0v) is 28.3. The number of ether oxygens (including phenoxy) is 7. The maximum Gasteiger partial charge on any atom is 0.412 e. The molecule has 4 bridgehead atoms. The lowest BCUT2D eigenvalue weighted by molar-refractivity contribution is -0.259. The molecule has 1 amide bonds. The van der Waals surface area contributed by atoms with Gasteiger partial charge in [0.05, 0.1) is 52.1 Å². The van der Waals surface area contributed by atoms with Gasteiger partial charge in [-0.15, -0.1) is 0 Å². The summed E-state index contributed by atoms with van der Waals surface area (Å²) >= 11 is 0. The first-order chi connectivity index (χ1) is 23.2. The molecule has 6 aliphatic rings. The molecule has 2 atom stereocenters. The van der Waals surface area contributed by atoms with E-state index in [9.17, 15) is 4.79 Å². The summed E-state index contributed by atoms with van der Waals surface area (Å²) in [6.45, 7) is 0.663. The van der Waals surface area contributed by atoms with Crippen LogP contribution in [0.25, 0.3) is 5.70 Å². The van der Waals surface area contributed by atoms with Crippen LogP contribution >= 0.6 is 0 Å². The van der Waals surface area contributed by atoms with Gasteiger partial charge in [0.15, 0.2) is 17.3 Å². The number of anilines is 2. The number of hydrogen-bond acceptors (Lipinski definition) is 11. The Kier molecular flexibility index (Phi) is 8.76. The van der Waals surface area contributed by atoms with Crippen LogP contribution in [0.2, 0.25) is 0 Å². The molecule has 48 heavy (non-hydrogen) atoms. The van der Waals surface area contributed by atoms with E-state index < -0.39 is 11.9 Å². The lowest BCUT2D eigenvalue weighted by Gasteiger charge is -2.59. The van der Waals surface area contributed by atoms with E-state index in [0.717, 1.165) is 31.1 Å². The Balaban J connectivity index is 1.04. The number of nitrogens with two attached hydrogens (primary N) is 2. The minimum absolute atomic E-state index is 0.168. The van der Waals surface area contributed by atoms with Crippen molar-refractivity contribution in [2.24, 2.45) is 35.2 Å². The highest BCUT2D eigenvalue weighted by Crippen LogP contribution is 2.63. The summed E-state index contributed by atoms with van der Waals surface area (Å²) in [7, 11) is 6.13. The average molecular weight is 665 g/mol. The van der Waals surface area contributed by atoms with Gasteiger partial charge < -0.3 is 38.9 Å². The molecule has 5 saturated carbocycles. The molecule has 2 aromatic rings. The van der Waals surface area contributed by atoms with E-state index in [-0.39, 0.29) is 11.7 Å². The van der Waals surface area contributed by atoms with Crippen LogP contribution < -0.4 is 40.8 Å². The third-order valence-electron chi connectivity index (χ3n) is 11.4. The molecule has 2 spiro atoms. The highest BCUT2D eigenvalue weighted by molar-refractivity contribution is 5.89. The van der Waals surface area contributed by atoms with Gasteiger partial charge in [-0.25, -0.2) is 10.6 Å². The Labute approximate surface area is 281 Å². The third kappa shape index (κ3) is 5.67. The van der Waals surface area contributed by atoms with Crippen molar-refractivity contribution >= 4 is 23.2 Å². The molecule has 260 valence electrons. The lowest BCUT2D eigenvalue weighted by Crippen LogP contribution is -2.60. The number of benzene rings is 2. The van der Waals surface area contributed by atoms with Crippen LogP contribution in [0.4, 0.5) is 16.2 Å². The number of nitrogens with one attached hydrogen (secondary N) is 1. The van der Waals surface area contributed by atoms with E-state index in [1.807, 2.05) is 0 Å². The molecule has 1 aliphatic heterocycles. The van der Waals surface area contributed by atoms with Crippen LogP contribution in [0, 0.1) is 23.7 Å². The molecule has 5 aliphatic carbocycles. The summed E-state index contributed by atoms with van der Waals surface area (Å²) in [5.74, 6) is 10.5. The molecule has 2 aromatic carbocycles. The Morgan fingerprint density at radius 3 is 2.21 bits per heavy atom. The van der Waals surface area contributed by atoms with Gasteiger partial charge in [-0.3, -0.25) is 10.3 Å². The van der Waals surface area contributed by atoms with Crippen LogP contribution in [0.15, 0.2) is 36.5 Å². The smallest absolute Gasteiger partial charge is 0.412 e. The summed E-state index contributed by atoms with van der Waals surface area (Å²) in [5.41, 5.74) is 7.94. The Morgan fingerprint density at radius 1 is 0.938 bits per heavy atom. The normalized spacial score (nSPS) is 31.9. The van der Waals surface area contributed by atoms with Gasteiger partial charge in [-0.05, 0) is 86.8 Å². The summed E-state index contributed by atoms with van der Waals surface area (Å²) in [4.78, 5) is 13.4. The molecular formula is C36H48N4O8. The topological polar surface area (TPSA) is 149 Å². The summed E-state index contributed by atoms with van der Waals surface area (Å²) in [6, 6.07) is 8.69. The molecule has 0 aromatic heterocycles. The Hall–Kier alpha value is -3.87. The number of methoxy groups -OCH3 is 4. The zero-order valence-electron chi connectivity index (χ0n) is 28.3. The van der Waals surface area contributed by atoms with Crippen molar-refractivity contribution < 1.29 is 38.0 Å². The van der Waals surface area contributed by atoms with Gasteiger partial charge >= 0.3 is 6.09 Å². The summed E-state index contributed by atoms with van der Waals surface area (Å²) in [6.07, 6.45) is 9.90. The fourth-order valence-corrected chi connectivity index (χ4v) is 9.43. The molecule has 1 heterocycles. The van der Waals surface area contributed by atoms with Gasteiger partial charge in [-0.2, -0.15) is 0 Å². The van der Waals surface area contributed by atoms with Gasteiger partial charge in [0.2, 0.25) is 5.75 Å². The second kappa shape index (κ2) is 12.9. The van der Waals surface area contributed by atoms with E-state index in [4.69, 9.17) is 44.7 Å². The van der Waals surface area contributed by atoms with Gasteiger partial charge in [0.1, 0.15) is 17.5 Å². The number of carbonyl (C=O) groups excluding carboxylic acids is 1. The van der Waals surface area contributed by atoms with E-state index >= 15 is 0 Å². The maximum absolute atomic E-state index is 13.4. The lowest BCUT2D eigenvalue weighted by atomic mass is 9.50. The van der Waals surface area contributed by atoms with Gasteiger partial charge in [0, 0.05) is 36.7 Å². The number of hydrazine groups is 1. The number of rotatable bonds is 9. The second-order valence-corrected chi connectivity index (χ2v) is 14.0. The standard InChI is InChI=1S/C36H48N4O8/c1-42-30-8-7-23(29(19-37)40(38)26-16-31(43-2)33(45-4)32(17-26)44-3)15-28(30)39-34(41)47-27-6-5-9-35(18-27)46-20-36(48-35)24-11-21-10-22(13-24)14-25(36)12-21/h7-8,15-17,19,21-22,24-25,27H,5-6,9-14,18,20,37-38H2,1-4H3,(H,39,41)/b29-19-. The van der Waals surface area contributed by atoms with Crippen LogP contribution in [0.5, 0.6) is 23.0 Å². The predicted molar refractivity (Wildman–Crippen MR) is 180 cm³/mol. The molecule has 6 fully saturated rings. The first-order valence-corrected chi connectivity index (χ1v) is 17.0. The highest BCUT2D eigenvalue weighted by atomic mass is 16.8. The van der Waals surface area contributed by atoms with Crippen LogP contribution in [0.3, 0.4) is 0 Å². The number of amides is 1. The Morgan fingerprint density at radius 2 is 1.60 bits per heavy atom. The van der Waals surface area contributed by atoms with Gasteiger partial charge in [-0.1, -0.05) is 0 Å². The minimum Gasteiger partial charge on any atom is -0.495 e. The van der Waals surface area contributed by atoms with Crippen molar-refractivity contribution in [2.45, 2.75) is 75.3 Å². The van der Waals surface area contributed by atoms with Crippen molar-refractivity contribution in [3.8, 4) is 23.0 Å². The SMILES string of the molecule is COc1ccc(/C(=C/N)N(N)c2cc(OC)c(OC)c(OC)c2)cc1NC(=O)OC1CCCC2(C1)OCC1(O2)C2CC3CC(C2)CC1C3. The third-order valence-corrected chi connectivity index (χ3v) is 11.4. The number of nitrogens with zero attached hydrogens (tertiary/aromatic N) is 1. The molecule has 12 heteroatoms. The first-order valence-electron chi connectivity index (χ1n) is 17.0. The highest BCUT2D eigenvalue weighted by Gasteiger charge is 2.64. The molecule has 2 unspecified atom stereocenters. The van der Waals surface area contributed by atoms with E-state index in [0.29, 0.717) is 70.5 Å². The monoisotopic (exact) mass is 664 g/mol. The second-order valence-electron chi connectivity index (χ2n) is 14.0. The zero-order chi connectivity index (χ0) is 33.6. The quantitative estimate of drug-likeness (QED) is 0.221.